The highest BCUT2D eigenvalue weighted by atomic mass is 35.5. The molecule has 2 aromatic carbocycles. The number of nitrogens with one attached hydrogen (secondary N) is 2. The maximum Gasteiger partial charge on any atom is 0.259 e. The Labute approximate surface area is 140 Å². The molecule has 0 unspecified atom stereocenters. The molecule has 2 rings (SSSR count). The second-order valence-electron chi connectivity index (χ2n) is 4.66. The lowest BCUT2D eigenvalue weighted by Crippen LogP contribution is -2.25. The van der Waals surface area contributed by atoms with Crippen LogP contribution in [0.1, 0.15) is 12.5 Å². The Kier molecular flexibility index (Phi) is 6.44. The molecule has 0 fully saturated rings. The molecule has 1 amide bonds. The highest BCUT2D eigenvalue weighted by Gasteiger charge is 2.00. The normalized spacial score (nSPS) is 10.5. The van der Waals surface area contributed by atoms with Gasteiger partial charge < -0.3 is 10.1 Å². The number of hydrogen-bond acceptors (Lipinski definition) is 4. The molecule has 0 bridgehead atoms. The number of nitrogens with zero attached hydrogens (tertiary/aromatic N) is 1. The van der Waals surface area contributed by atoms with Gasteiger partial charge >= 0.3 is 0 Å². The second kappa shape index (κ2) is 8.80. The molecule has 0 aliphatic heterocycles. The number of carbonyl (C=O) groups is 1. The van der Waals surface area contributed by atoms with E-state index in [0.717, 1.165) is 17.0 Å². The van der Waals surface area contributed by atoms with Crippen molar-refractivity contribution in [3.8, 4) is 5.75 Å². The predicted octanol–water partition coefficient (Wildman–Crippen LogP) is 3.30. The van der Waals surface area contributed by atoms with Gasteiger partial charge in [0.05, 0.1) is 19.4 Å². The smallest absolute Gasteiger partial charge is 0.259 e. The fourth-order valence-electron chi connectivity index (χ4n) is 1.82. The average Bonchev–Trinajstić information content (AvgIpc) is 2.55. The van der Waals surface area contributed by atoms with Crippen LogP contribution in [0.4, 0.5) is 5.69 Å². The van der Waals surface area contributed by atoms with Gasteiger partial charge in [-0.25, -0.2) is 5.43 Å². The fraction of sp³-hybridized carbons (Fsp3) is 0.176. The number of halogens is 1. The van der Waals surface area contributed by atoms with E-state index in [0.29, 0.717) is 11.6 Å². The van der Waals surface area contributed by atoms with E-state index in [1.54, 1.807) is 18.3 Å². The van der Waals surface area contributed by atoms with Gasteiger partial charge in [-0.2, -0.15) is 5.10 Å². The molecule has 2 aromatic rings. The van der Waals surface area contributed by atoms with Crippen molar-refractivity contribution in [1.29, 1.82) is 0 Å². The lowest BCUT2D eigenvalue weighted by atomic mass is 10.2. The third-order valence-electron chi connectivity index (χ3n) is 2.87. The van der Waals surface area contributed by atoms with Crippen molar-refractivity contribution in [2.24, 2.45) is 5.10 Å². The third kappa shape index (κ3) is 6.00. The lowest BCUT2D eigenvalue weighted by molar-refractivity contribution is -0.119. The summed E-state index contributed by atoms with van der Waals surface area (Å²) in [6.07, 6.45) is 1.54. The van der Waals surface area contributed by atoms with Gasteiger partial charge in [-0.3, -0.25) is 4.79 Å². The minimum absolute atomic E-state index is 0.126. The zero-order chi connectivity index (χ0) is 16.5. The van der Waals surface area contributed by atoms with Gasteiger partial charge in [0.25, 0.3) is 5.91 Å². The van der Waals surface area contributed by atoms with Crippen molar-refractivity contribution in [3.63, 3.8) is 0 Å². The van der Waals surface area contributed by atoms with Gasteiger partial charge in [0, 0.05) is 10.7 Å². The number of benzene rings is 2. The van der Waals surface area contributed by atoms with Crippen molar-refractivity contribution in [1.82, 2.24) is 5.43 Å². The zero-order valence-corrected chi connectivity index (χ0v) is 13.5. The second-order valence-corrected chi connectivity index (χ2v) is 5.10. The number of rotatable bonds is 7. The summed E-state index contributed by atoms with van der Waals surface area (Å²) in [6.45, 7) is 2.68. The molecule has 0 radical (unpaired) electrons. The summed E-state index contributed by atoms with van der Waals surface area (Å²) in [7, 11) is 0. The summed E-state index contributed by atoms with van der Waals surface area (Å²) in [4.78, 5) is 11.7. The van der Waals surface area contributed by atoms with E-state index in [4.69, 9.17) is 16.3 Å². The Bertz CT molecular complexity index is 672. The van der Waals surface area contributed by atoms with Crippen LogP contribution in [0, 0.1) is 0 Å². The van der Waals surface area contributed by atoms with E-state index in [-0.39, 0.29) is 12.5 Å². The van der Waals surface area contributed by atoms with Crippen molar-refractivity contribution in [2.45, 2.75) is 6.92 Å². The molecule has 23 heavy (non-hydrogen) atoms. The van der Waals surface area contributed by atoms with Crippen LogP contribution in [0.25, 0.3) is 0 Å². The van der Waals surface area contributed by atoms with E-state index in [1.807, 2.05) is 43.3 Å². The van der Waals surface area contributed by atoms with Crippen LogP contribution < -0.4 is 15.5 Å². The van der Waals surface area contributed by atoms with E-state index in [1.165, 1.54) is 0 Å². The zero-order valence-electron chi connectivity index (χ0n) is 12.8. The molecular weight excluding hydrogens is 314 g/mol. The Morgan fingerprint density at radius 3 is 2.74 bits per heavy atom. The quantitative estimate of drug-likeness (QED) is 0.604. The molecule has 0 spiro atoms. The summed E-state index contributed by atoms with van der Waals surface area (Å²) in [6, 6.07) is 14.6. The van der Waals surface area contributed by atoms with Crippen LogP contribution in [0.15, 0.2) is 53.6 Å². The first-order valence-corrected chi connectivity index (χ1v) is 7.59. The molecule has 0 atom stereocenters. The lowest BCUT2D eigenvalue weighted by Gasteiger charge is -2.07. The number of hydrazone groups is 1. The molecule has 0 saturated carbocycles. The molecule has 6 heteroatoms. The number of anilines is 1. The van der Waals surface area contributed by atoms with Gasteiger partial charge in [0.1, 0.15) is 5.75 Å². The molecule has 2 N–H and O–H groups in total. The van der Waals surface area contributed by atoms with Crippen molar-refractivity contribution in [3.05, 3.63) is 59.1 Å². The summed E-state index contributed by atoms with van der Waals surface area (Å²) in [5.41, 5.74) is 4.11. The van der Waals surface area contributed by atoms with Gasteiger partial charge in [-0.15, -0.1) is 0 Å². The van der Waals surface area contributed by atoms with E-state index in [2.05, 4.69) is 15.8 Å². The number of hydrogen-bond donors (Lipinski definition) is 2. The van der Waals surface area contributed by atoms with Crippen LogP contribution in [0.2, 0.25) is 5.02 Å². The van der Waals surface area contributed by atoms with Crippen LogP contribution in [-0.4, -0.2) is 25.3 Å². The van der Waals surface area contributed by atoms with Crippen molar-refractivity contribution in [2.75, 3.05) is 18.5 Å². The maximum absolute atomic E-state index is 11.7. The monoisotopic (exact) mass is 331 g/mol. The summed E-state index contributed by atoms with van der Waals surface area (Å²) in [5.74, 6) is 0.561. The highest BCUT2D eigenvalue weighted by Crippen LogP contribution is 2.15. The molecule has 0 aliphatic rings. The Balaban J connectivity index is 1.76. The van der Waals surface area contributed by atoms with Gasteiger partial charge in [0.15, 0.2) is 0 Å². The van der Waals surface area contributed by atoms with Gasteiger partial charge in [0.2, 0.25) is 0 Å². The Hall–Kier alpha value is -2.53. The Morgan fingerprint density at radius 1 is 1.26 bits per heavy atom. The Morgan fingerprint density at radius 2 is 2.04 bits per heavy atom. The van der Waals surface area contributed by atoms with E-state index >= 15 is 0 Å². The first kappa shape index (κ1) is 16.8. The van der Waals surface area contributed by atoms with Crippen molar-refractivity contribution < 1.29 is 9.53 Å². The minimum atomic E-state index is -0.239. The van der Waals surface area contributed by atoms with E-state index in [9.17, 15) is 4.79 Å². The first-order valence-electron chi connectivity index (χ1n) is 7.21. The molecular formula is C17H18ClN3O2. The van der Waals surface area contributed by atoms with Crippen molar-refractivity contribution >= 4 is 29.4 Å². The van der Waals surface area contributed by atoms with Gasteiger partial charge in [-0.05, 0) is 48.9 Å². The van der Waals surface area contributed by atoms with E-state index < -0.39 is 0 Å². The number of carbonyl (C=O) groups excluding carboxylic acids is 1. The highest BCUT2D eigenvalue weighted by molar-refractivity contribution is 6.30. The van der Waals surface area contributed by atoms with Crippen LogP contribution in [0.5, 0.6) is 5.75 Å². The van der Waals surface area contributed by atoms with Gasteiger partial charge in [-0.1, -0.05) is 23.7 Å². The standard InChI is InChI=1S/C17H18ClN3O2/c1-2-23-16-8-6-15(7-9-16)19-12-17(22)21-20-11-13-4-3-5-14(18)10-13/h3-11,19H,2,12H2,1H3,(H,21,22)/b20-11+. The fourth-order valence-corrected chi connectivity index (χ4v) is 2.02. The minimum Gasteiger partial charge on any atom is -0.494 e. The largest absolute Gasteiger partial charge is 0.494 e. The SMILES string of the molecule is CCOc1ccc(NCC(=O)N/N=C/c2cccc(Cl)c2)cc1. The average molecular weight is 332 g/mol. The summed E-state index contributed by atoms with van der Waals surface area (Å²) >= 11 is 5.87. The first-order chi connectivity index (χ1) is 11.2. The number of amides is 1. The molecule has 5 nitrogen and oxygen atoms in total. The summed E-state index contributed by atoms with van der Waals surface area (Å²) in [5, 5.41) is 7.52. The van der Waals surface area contributed by atoms with Crippen LogP contribution >= 0.6 is 11.6 Å². The maximum atomic E-state index is 11.7. The van der Waals surface area contributed by atoms with Crippen LogP contribution in [-0.2, 0) is 4.79 Å². The molecule has 0 heterocycles. The molecule has 0 aliphatic carbocycles. The topological polar surface area (TPSA) is 62.7 Å². The summed E-state index contributed by atoms with van der Waals surface area (Å²) < 4.78 is 5.35. The molecule has 0 aromatic heterocycles. The number of ether oxygens (including phenoxy) is 1. The predicted molar refractivity (Wildman–Crippen MR) is 93.3 cm³/mol. The third-order valence-corrected chi connectivity index (χ3v) is 3.11. The molecule has 120 valence electrons. The molecule has 0 saturated heterocycles. The van der Waals surface area contributed by atoms with Crippen LogP contribution in [0.3, 0.4) is 0 Å².